The second-order valence-electron chi connectivity index (χ2n) is 19.9. The summed E-state index contributed by atoms with van der Waals surface area (Å²) in [6, 6.07) is 5.26. The molecule has 17 nitrogen and oxygen atoms in total. The first kappa shape index (κ1) is 46.1. The number of sulfone groups is 1. The first-order chi connectivity index (χ1) is 30.2. The highest BCUT2D eigenvalue weighted by Gasteiger charge is 2.63. The molecular formula is C45H62N6O11S2. The van der Waals surface area contributed by atoms with Gasteiger partial charge in [0.15, 0.2) is 9.84 Å². The minimum atomic E-state index is -4.04. The number of rotatable bonds is 10. The van der Waals surface area contributed by atoms with Crippen LogP contribution in [0.1, 0.15) is 91.0 Å². The molecule has 3 saturated carbocycles. The zero-order valence-electron chi connectivity index (χ0n) is 37.2. The van der Waals surface area contributed by atoms with Crippen molar-refractivity contribution in [1.82, 2.24) is 30.1 Å². The van der Waals surface area contributed by atoms with Crippen LogP contribution in [0.2, 0.25) is 0 Å². The molecule has 0 spiro atoms. The molecule has 2 aromatic rings. The molecule has 19 heteroatoms. The SMILES string of the molecule is C=C[C@@H]1C[C@]1(NC(=O)[C@@H]1C[C@@H]2CN1C(=O)[C@H](C(C)(C)C)NC(=O)O[C@@H]1C[C@H]1CCCCCc1c(nc3ccccc3c1OCCN1CCS(=O)(=O)CC1)O2)C(=O)NS(=O)(=O)C1(C)CC1. The van der Waals surface area contributed by atoms with Crippen LogP contribution in [0.15, 0.2) is 36.9 Å². The molecule has 4 amide bonds. The predicted octanol–water partition coefficient (Wildman–Crippen LogP) is 3.40. The van der Waals surface area contributed by atoms with Crippen molar-refractivity contribution >= 4 is 54.6 Å². The van der Waals surface area contributed by atoms with Gasteiger partial charge in [-0.2, -0.15) is 0 Å². The van der Waals surface area contributed by atoms with E-state index in [0.29, 0.717) is 62.6 Å². The van der Waals surface area contributed by atoms with Gasteiger partial charge in [0.2, 0.25) is 27.7 Å². The number of sulfonamides is 1. The van der Waals surface area contributed by atoms with Crippen molar-refractivity contribution in [2.24, 2.45) is 17.3 Å². The zero-order chi connectivity index (χ0) is 45.8. The van der Waals surface area contributed by atoms with E-state index in [0.717, 1.165) is 43.1 Å². The van der Waals surface area contributed by atoms with E-state index in [9.17, 15) is 36.0 Å². The number of amides is 4. The van der Waals surface area contributed by atoms with Gasteiger partial charge in [-0.05, 0) is 75.3 Å². The van der Waals surface area contributed by atoms with E-state index in [2.05, 4.69) is 26.8 Å². The van der Waals surface area contributed by atoms with E-state index < -0.39 is 83.5 Å². The highest BCUT2D eigenvalue weighted by molar-refractivity contribution is 7.91. The van der Waals surface area contributed by atoms with Crippen LogP contribution < -0.4 is 24.8 Å². The monoisotopic (exact) mass is 926 g/mol. The van der Waals surface area contributed by atoms with Gasteiger partial charge in [0.05, 0.1) is 33.9 Å². The van der Waals surface area contributed by atoms with E-state index in [4.69, 9.17) is 19.2 Å². The molecule has 1 aromatic heterocycles. The number of hydrogen-bond acceptors (Lipinski definition) is 13. The summed E-state index contributed by atoms with van der Waals surface area (Å²) in [5, 5.41) is 6.44. The lowest BCUT2D eigenvalue weighted by atomic mass is 9.85. The number of fused-ring (bicyclic) bond motifs is 5. The fourth-order valence-electron chi connectivity index (χ4n) is 9.24. The van der Waals surface area contributed by atoms with Gasteiger partial charge >= 0.3 is 6.09 Å². The van der Waals surface area contributed by atoms with Gasteiger partial charge in [-0.25, -0.2) is 26.6 Å². The number of carbonyl (C=O) groups is 4. The maximum Gasteiger partial charge on any atom is 0.408 e. The van der Waals surface area contributed by atoms with Crippen molar-refractivity contribution in [3.8, 4) is 11.6 Å². The van der Waals surface area contributed by atoms with Crippen molar-refractivity contribution < 1.29 is 50.2 Å². The van der Waals surface area contributed by atoms with Gasteiger partial charge in [0.25, 0.3) is 5.91 Å². The fourth-order valence-corrected chi connectivity index (χ4v) is 11.8. The number of carbonyl (C=O) groups excluding carboxylic acids is 4. The lowest BCUT2D eigenvalue weighted by Gasteiger charge is -2.35. The summed E-state index contributed by atoms with van der Waals surface area (Å²) in [5.41, 5.74) is -1.08. The number of benzene rings is 1. The minimum absolute atomic E-state index is 0.0164. The van der Waals surface area contributed by atoms with Gasteiger partial charge in [0, 0.05) is 37.4 Å². The molecule has 3 N–H and O–H groups in total. The van der Waals surface area contributed by atoms with E-state index in [-0.39, 0.29) is 42.9 Å². The first-order valence-corrected chi connectivity index (χ1v) is 26.0. The van der Waals surface area contributed by atoms with Crippen LogP contribution in [0.25, 0.3) is 10.9 Å². The number of nitrogens with one attached hydrogen (secondary N) is 3. The summed E-state index contributed by atoms with van der Waals surface area (Å²) in [6.07, 6.45) is 5.36. The molecule has 8 rings (SSSR count). The van der Waals surface area contributed by atoms with Crippen molar-refractivity contribution in [2.75, 3.05) is 44.3 Å². The summed E-state index contributed by atoms with van der Waals surface area (Å²) >= 11 is 0. The number of alkyl carbamates (subject to hydrolysis) is 1. The number of pyridine rings is 1. The Kier molecular flexibility index (Phi) is 12.5. The molecule has 3 aliphatic heterocycles. The Bertz CT molecular complexity index is 2410. The van der Waals surface area contributed by atoms with E-state index in [1.807, 2.05) is 24.3 Å². The molecule has 350 valence electrons. The van der Waals surface area contributed by atoms with Gasteiger partial charge < -0.3 is 29.7 Å². The largest absolute Gasteiger partial charge is 0.491 e. The number of ether oxygens (including phenoxy) is 3. The number of hydrogen-bond donors (Lipinski definition) is 3. The summed E-state index contributed by atoms with van der Waals surface area (Å²) in [5.74, 6) is -1.33. The third-order valence-electron chi connectivity index (χ3n) is 14.0. The van der Waals surface area contributed by atoms with Crippen LogP contribution in [0.3, 0.4) is 0 Å². The molecule has 5 fully saturated rings. The lowest BCUT2D eigenvalue weighted by Crippen LogP contribution is -2.60. The van der Waals surface area contributed by atoms with Gasteiger partial charge in [-0.1, -0.05) is 51.8 Å². The van der Waals surface area contributed by atoms with E-state index in [1.54, 1.807) is 27.7 Å². The summed E-state index contributed by atoms with van der Waals surface area (Å²) in [4.78, 5) is 65.2. The van der Waals surface area contributed by atoms with Crippen LogP contribution in [0, 0.1) is 17.3 Å². The Morgan fingerprint density at radius 1 is 1.08 bits per heavy atom. The zero-order valence-corrected chi connectivity index (χ0v) is 38.9. The Hall–Kier alpha value is -4.49. The molecule has 64 heavy (non-hydrogen) atoms. The summed E-state index contributed by atoms with van der Waals surface area (Å²) in [6.45, 7) is 12.4. The third kappa shape index (κ3) is 9.71. The third-order valence-corrected chi connectivity index (χ3v) is 17.8. The number of nitrogens with zero attached hydrogens (tertiary/aromatic N) is 3. The molecule has 4 heterocycles. The van der Waals surface area contributed by atoms with Gasteiger partial charge in [-0.15, -0.1) is 6.58 Å². The molecule has 7 atom stereocenters. The normalized spacial score (nSPS) is 30.5. The van der Waals surface area contributed by atoms with Gasteiger partial charge in [0.1, 0.15) is 42.2 Å². The minimum Gasteiger partial charge on any atom is -0.491 e. The van der Waals surface area contributed by atoms with Crippen molar-refractivity contribution in [3.05, 3.63) is 42.5 Å². The van der Waals surface area contributed by atoms with Crippen LogP contribution >= 0.6 is 0 Å². The van der Waals surface area contributed by atoms with Crippen molar-refractivity contribution in [2.45, 2.75) is 126 Å². The lowest BCUT2D eigenvalue weighted by molar-refractivity contribution is -0.142. The van der Waals surface area contributed by atoms with Crippen LogP contribution in [-0.4, -0.2) is 134 Å². The number of para-hydroxylation sites is 1. The predicted molar refractivity (Wildman–Crippen MR) is 238 cm³/mol. The Morgan fingerprint density at radius 3 is 2.50 bits per heavy atom. The topological polar surface area (TPSA) is 220 Å². The quantitative estimate of drug-likeness (QED) is 0.292. The molecule has 0 unspecified atom stereocenters. The Balaban J connectivity index is 1.12. The van der Waals surface area contributed by atoms with Crippen LogP contribution in [-0.2, 0) is 45.4 Å². The van der Waals surface area contributed by atoms with Gasteiger partial charge in [-0.3, -0.25) is 24.0 Å². The molecule has 0 radical (unpaired) electrons. The second kappa shape index (κ2) is 17.4. The average molecular weight is 927 g/mol. The first-order valence-electron chi connectivity index (χ1n) is 22.7. The molecule has 1 aromatic carbocycles. The maximum atomic E-state index is 14.9. The average Bonchev–Trinajstić information content (AvgIpc) is 4.19. The highest BCUT2D eigenvalue weighted by atomic mass is 32.2. The van der Waals surface area contributed by atoms with Crippen molar-refractivity contribution in [3.63, 3.8) is 0 Å². The molecule has 6 aliphatic rings. The molecular weight excluding hydrogens is 865 g/mol. The smallest absolute Gasteiger partial charge is 0.408 e. The molecule has 2 bridgehead atoms. The summed E-state index contributed by atoms with van der Waals surface area (Å²) < 4.78 is 70.9. The Labute approximate surface area is 375 Å². The number of aromatic nitrogens is 1. The van der Waals surface area contributed by atoms with Crippen LogP contribution in [0.4, 0.5) is 4.79 Å². The standard InChI is InChI=1S/C45H62N6O11S2/c1-6-29-26-45(29,41(54)49-64(58,59)44(5)16-17-44)48-38(52)34-25-30-27-51(34)40(53)37(43(2,3)4)47-42(55)62-35-24-28(35)12-8-7-9-14-32-36(31-13-10-11-15-33(31)46-39(32)61-30)60-21-18-50-19-22-63(56,57)23-20-50/h6,10-11,13,15,28-30,34-35,37H,1,7-9,12,14,16-27H2,2-5H3,(H,47,55)(H,48,52)(H,49,54)/t28-,29-,30-,34+,35-,37-,45-/m1/s1. The molecule has 3 aliphatic carbocycles. The highest BCUT2D eigenvalue weighted by Crippen LogP contribution is 2.47. The maximum absolute atomic E-state index is 14.9. The van der Waals surface area contributed by atoms with Crippen LogP contribution in [0.5, 0.6) is 11.6 Å². The second-order valence-corrected chi connectivity index (χ2v) is 24.4. The Morgan fingerprint density at radius 2 is 1.81 bits per heavy atom. The summed E-state index contributed by atoms with van der Waals surface area (Å²) in [7, 11) is -7.08. The molecule has 2 saturated heterocycles. The van der Waals surface area contributed by atoms with E-state index in [1.165, 1.54) is 11.0 Å². The van der Waals surface area contributed by atoms with E-state index >= 15 is 0 Å². The van der Waals surface area contributed by atoms with Crippen molar-refractivity contribution in [1.29, 1.82) is 0 Å². The fraction of sp³-hybridized carbons (Fsp3) is 0.667.